The van der Waals surface area contributed by atoms with Gasteiger partial charge >= 0.3 is 5.97 Å². The van der Waals surface area contributed by atoms with Gasteiger partial charge in [-0.25, -0.2) is 22.0 Å². The van der Waals surface area contributed by atoms with Gasteiger partial charge in [-0.3, -0.25) is 9.40 Å². The molecule has 2 N–H and O–H groups in total. The largest absolute Gasteiger partial charge is 0.478 e. The number of halogens is 2. The predicted molar refractivity (Wildman–Crippen MR) is 86.2 cm³/mol. The number of hydrogen-bond donors (Lipinski definition) is 2. The second-order valence-corrected chi connectivity index (χ2v) is 7.46. The lowest BCUT2D eigenvalue weighted by Crippen LogP contribution is -2.14. The van der Waals surface area contributed by atoms with Crippen LogP contribution in [0.1, 0.15) is 36.3 Å². The molecular formula is C15H17F2N3O4S. The summed E-state index contributed by atoms with van der Waals surface area (Å²) in [5.41, 5.74) is -1.05. The molecule has 0 bridgehead atoms. The molecule has 0 fully saturated rings. The molecule has 0 aliphatic heterocycles. The van der Waals surface area contributed by atoms with Crippen LogP contribution >= 0.6 is 0 Å². The average Bonchev–Trinajstić information content (AvgIpc) is 2.88. The third kappa shape index (κ3) is 4.53. The first-order valence-corrected chi connectivity index (χ1v) is 8.80. The van der Waals surface area contributed by atoms with E-state index in [0.717, 1.165) is 24.3 Å². The lowest BCUT2D eigenvalue weighted by atomic mass is 10.2. The number of nitrogens with one attached hydrogen (secondary N) is 1. The number of aromatic nitrogens is 2. The molecule has 7 nitrogen and oxygen atoms in total. The van der Waals surface area contributed by atoms with Gasteiger partial charge in [0.25, 0.3) is 16.4 Å². The number of hydrogen-bond acceptors (Lipinski definition) is 4. The summed E-state index contributed by atoms with van der Waals surface area (Å²) in [4.78, 5) is 10.6. The molecule has 1 heterocycles. The van der Waals surface area contributed by atoms with Crippen LogP contribution < -0.4 is 4.72 Å². The van der Waals surface area contributed by atoms with Gasteiger partial charge in [0.15, 0.2) is 5.69 Å². The summed E-state index contributed by atoms with van der Waals surface area (Å²) in [5, 5.41) is 12.6. The number of benzene rings is 1. The van der Waals surface area contributed by atoms with E-state index in [-0.39, 0.29) is 22.1 Å². The molecule has 0 radical (unpaired) electrons. The van der Waals surface area contributed by atoms with Crippen molar-refractivity contribution >= 4 is 21.7 Å². The van der Waals surface area contributed by atoms with E-state index in [1.54, 1.807) is 0 Å². The maximum atomic E-state index is 13.1. The molecule has 0 aliphatic carbocycles. The molecule has 2 rings (SSSR count). The molecule has 136 valence electrons. The van der Waals surface area contributed by atoms with E-state index >= 15 is 0 Å². The molecule has 1 aromatic carbocycles. The van der Waals surface area contributed by atoms with Gasteiger partial charge in [-0.1, -0.05) is 13.8 Å². The van der Waals surface area contributed by atoms with Crippen LogP contribution in [0.15, 0.2) is 35.4 Å². The first-order chi connectivity index (χ1) is 11.6. The van der Waals surface area contributed by atoms with Gasteiger partial charge in [0.1, 0.15) is 0 Å². The second-order valence-electron chi connectivity index (χ2n) is 5.78. The zero-order valence-corrected chi connectivity index (χ0v) is 14.3. The third-order valence-corrected chi connectivity index (χ3v) is 4.59. The second kappa shape index (κ2) is 7.18. The van der Waals surface area contributed by atoms with Crippen molar-refractivity contribution in [3.05, 3.63) is 41.7 Å². The van der Waals surface area contributed by atoms with Crippen LogP contribution in [0, 0.1) is 5.92 Å². The maximum Gasteiger partial charge on any atom is 0.335 e. The number of carboxylic acids is 1. The monoisotopic (exact) mass is 373 g/mol. The molecule has 10 heteroatoms. The molecule has 0 unspecified atom stereocenters. The third-order valence-electron chi connectivity index (χ3n) is 3.21. The van der Waals surface area contributed by atoms with Crippen molar-refractivity contribution in [3.63, 3.8) is 0 Å². The SMILES string of the molecule is CC(C)Cn1cc(NS(=O)(=O)c2ccc(C(=O)O)cc2)c(C(F)F)n1. The highest BCUT2D eigenvalue weighted by Gasteiger charge is 2.23. The number of nitrogens with zero attached hydrogens (tertiary/aromatic N) is 2. The van der Waals surface area contributed by atoms with Crippen LogP contribution in [0.5, 0.6) is 0 Å². The van der Waals surface area contributed by atoms with E-state index < -0.39 is 28.1 Å². The van der Waals surface area contributed by atoms with Crippen LogP contribution in [0.25, 0.3) is 0 Å². The number of alkyl halides is 2. The zero-order valence-electron chi connectivity index (χ0n) is 13.5. The van der Waals surface area contributed by atoms with Crippen LogP contribution in [-0.4, -0.2) is 29.3 Å². The fourth-order valence-corrected chi connectivity index (χ4v) is 3.18. The minimum atomic E-state index is -4.16. The molecular weight excluding hydrogens is 356 g/mol. The summed E-state index contributed by atoms with van der Waals surface area (Å²) in [6.45, 7) is 4.10. The van der Waals surface area contributed by atoms with Gasteiger partial charge in [0.05, 0.1) is 16.1 Å². The number of carboxylic acid groups (broad SMARTS) is 1. The highest BCUT2D eigenvalue weighted by atomic mass is 32.2. The first-order valence-electron chi connectivity index (χ1n) is 7.32. The van der Waals surface area contributed by atoms with E-state index in [1.807, 2.05) is 13.8 Å². The summed E-state index contributed by atoms with van der Waals surface area (Å²) >= 11 is 0. The number of sulfonamides is 1. The minimum absolute atomic E-state index is 0.0861. The molecule has 0 spiro atoms. The summed E-state index contributed by atoms with van der Waals surface area (Å²) < 4.78 is 54.3. The van der Waals surface area contributed by atoms with Crippen LogP contribution in [-0.2, 0) is 16.6 Å². The number of carbonyl (C=O) groups is 1. The van der Waals surface area contributed by atoms with Crippen molar-refractivity contribution in [2.24, 2.45) is 5.92 Å². The molecule has 0 saturated carbocycles. The van der Waals surface area contributed by atoms with Gasteiger partial charge in [0, 0.05) is 12.7 Å². The molecule has 0 aliphatic rings. The topological polar surface area (TPSA) is 101 Å². The molecule has 0 atom stereocenters. The lowest BCUT2D eigenvalue weighted by molar-refractivity contribution is 0.0696. The Balaban J connectivity index is 2.33. The summed E-state index contributed by atoms with van der Waals surface area (Å²) in [6.07, 6.45) is -1.73. The number of rotatable bonds is 7. The summed E-state index contributed by atoms with van der Waals surface area (Å²) in [6, 6.07) is 4.42. The fourth-order valence-electron chi connectivity index (χ4n) is 2.12. The van der Waals surface area contributed by atoms with Crippen molar-refractivity contribution in [1.29, 1.82) is 0 Å². The highest BCUT2D eigenvalue weighted by Crippen LogP contribution is 2.28. The van der Waals surface area contributed by atoms with Crippen molar-refractivity contribution in [3.8, 4) is 0 Å². The van der Waals surface area contributed by atoms with Gasteiger partial charge in [-0.05, 0) is 30.2 Å². The Morgan fingerprint density at radius 3 is 2.36 bits per heavy atom. The normalized spacial score (nSPS) is 11.9. The lowest BCUT2D eigenvalue weighted by Gasteiger charge is -2.08. The van der Waals surface area contributed by atoms with Crippen molar-refractivity contribution in [2.45, 2.75) is 31.7 Å². The Bertz CT molecular complexity index is 861. The van der Waals surface area contributed by atoms with Crippen LogP contribution in [0.4, 0.5) is 14.5 Å². The Morgan fingerprint density at radius 2 is 1.88 bits per heavy atom. The van der Waals surface area contributed by atoms with E-state index in [4.69, 9.17) is 5.11 Å². The van der Waals surface area contributed by atoms with Gasteiger partial charge in [0.2, 0.25) is 0 Å². The smallest absolute Gasteiger partial charge is 0.335 e. The maximum absolute atomic E-state index is 13.1. The molecule has 0 amide bonds. The summed E-state index contributed by atoms with van der Waals surface area (Å²) in [5.74, 6) is -1.06. The van der Waals surface area contributed by atoms with E-state index in [9.17, 15) is 22.0 Å². The average molecular weight is 373 g/mol. The Morgan fingerprint density at radius 1 is 1.28 bits per heavy atom. The molecule has 2 aromatic rings. The van der Waals surface area contributed by atoms with E-state index in [1.165, 1.54) is 10.9 Å². The van der Waals surface area contributed by atoms with Gasteiger partial charge in [-0.2, -0.15) is 5.10 Å². The number of aromatic carboxylic acids is 1. The van der Waals surface area contributed by atoms with Crippen molar-refractivity contribution in [2.75, 3.05) is 4.72 Å². The molecule has 0 saturated heterocycles. The number of anilines is 1. The predicted octanol–water partition coefficient (Wildman–Crippen LogP) is 2.98. The van der Waals surface area contributed by atoms with E-state index in [2.05, 4.69) is 9.82 Å². The summed E-state index contributed by atoms with van der Waals surface area (Å²) in [7, 11) is -4.16. The van der Waals surface area contributed by atoms with Gasteiger partial charge < -0.3 is 5.11 Å². The van der Waals surface area contributed by atoms with Crippen molar-refractivity contribution in [1.82, 2.24) is 9.78 Å². The first kappa shape index (κ1) is 18.8. The fraction of sp³-hybridized carbons (Fsp3) is 0.333. The Kier molecular flexibility index (Phi) is 5.41. The van der Waals surface area contributed by atoms with Crippen LogP contribution in [0.3, 0.4) is 0 Å². The Hall–Kier alpha value is -2.49. The molecule has 25 heavy (non-hydrogen) atoms. The minimum Gasteiger partial charge on any atom is -0.478 e. The highest BCUT2D eigenvalue weighted by molar-refractivity contribution is 7.92. The van der Waals surface area contributed by atoms with Gasteiger partial charge in [-0.15, -0.1) is 0 Å². The Labute approximate surface area is 143 Å². The standard InChI is InChI=1S/C15H17F2N3O4S/c1-9(2)7-20-8-12(13(18-20)14(16)17)19-25(23,24)11-5-3-10(4-6-11)15(21)22/h3-6,8-9,14,19H,7H2,1-2H3,(H,21,22). The zero-order chi connectivity index (χ0) is 18.8. The van der Waals surface area contributed by atoms with Crippen LogP contribution in [0.2, 0.25) is 0 Å². The van der Waals surface area contributed by atoms with Crippen molar-refractivity contribution < 1.29 is 27.1 Å². The quantitative estimate of drug-likeness (QED) is 0.777. The van der Waals surface area contributed by atoms with E-state index in [0.29, 0.717) is 6.54 Å². The molecule has 1 aromatic heterocycles.